The molecule has 0 aliphatic rings. The Morgan fingerprint density at radius 2 is 2.45 bits per heavy atom. The molecule has 11 heavy (non-hydrogen) atoms. The van der Waals surface area contributed by atoms with E-state index < -0.39 is 0 Å². The Kier molecular flexibility index (Phi) is 2.43. The molecule has 62 valence electrons. The van der Waals surface area contributed by atoms with E-state index in [0.29, 0.717) is 13.1 Å². The van der Waals surface area contributed by atoms with E-state index in [2.05, 4.69) is 15.5 Å². The second-order valence-corrected chi connectivity index (χ2v) is 2.22. The zero-order valence-electron chi connectivity index (χ0n) is 6.72. The van der Waals surface area contributed by atoms with Crippen LogP contribution in [0.3, 0.4) is 0 Å². The van der Waals surface area contributed by atoms with E-state index in [0.717, 1.165) is 5.82 Å². The van der Waals surface area contributed by atoms with Gasteiger partial charge in [0.05, 0.1) is 6.54 Å². The first-order valence-electron chi connectivity index (χ1n) is 3.58. The van der Waals surface area contributed by atoms with Crippen LogP contribution in [-0.4, -0.2) is 21.8 Å². The van der Waals surface area contributed by atoms with Crippen LogP contribution in [0.4, 0.5) is 0 Å². The summed E-state index contributed by atoms with van der Waals surface area (Å²) in [5, 5.41) is 9.16. The highest BCUT2D eigenvalue weighted by atomic mass is 16.1. The van der Waals surface area contributed by atoms with Gasteiger partial charge in [-0.15, -0.1) is 0 Å². The highest BCUT2D eigenvalue weighted by Gasteiger charge is 2.03. The summed E-state index contributed by atoms with van der Waals surface area (Å²) in [6.45, 7) is 3.19. The zero-order valence-corrected chi connectivity index (χ0v) is 6.72. The molecule has 5 heteroatoms. The van der Waals surface area contributed by atoms with Gasteiger partial charge in [0.15, 0.2) is 0 Å². The standard InChI is InChI=1S/C6H12N4O/c1-3-10-5(4-7-2)8-9-6(10)11/h7H,3-4H2,1-2H3,(H,9,11). The fraction of sp³-hybridized carbons (Fsp3) is 0.667. The van der Waals surface area contributed by atoms with Gasteiger partial charge in [0, 0.05) is 6.54 Å². The maximum atomic E-state index is 11.0. The van der Waals surface area contributed by atoms with Gasteiger partial charge < -0.3 is 5.32 Å². The summed E-state index contributed by atoms with van der Waals surface area (Å²) < 4.78 is 1.59. The van der Waals surface area contributed by atoms with E-state index in [1.165, 1.54) is 0 Å². The van der Waals surface area contributed by atoms with Crippen LogP contribution in [0.25, 0.3) is 0 Å². The summed E-state index contributed by atoms with van der Waals surface area (Å²) in [7, 11) is 1.82. The van der Waals surface area contributed by atoms with Crippen molar-refractivity contribution in [2.45, 2.75) is 20.0 Å². The Balaban J connectivity index is 2.96. The first-order valence-corrected chi connectivity index (χ1v) is 3.58. The predicted octanol–water partition coefficient (Wildman–Crippen LogP) is -0.689. The molecule has 1 rings (SSSR count). The van der Waals surface area contributed by atoms with Gasteiger partial charge in [-0.25, -0.2) is 9.89 Å². The van der Waals surface area contributed by atoms with E-state index in [4.69, 9.17) is 0 Å². The van der Waals surface area contributed by atoms with Gasteiger partial charge in [-0.3, -0.25) is 4.57 Å². The van der Waals surface area contributed by atoms with Gasteiger partial charge in [-0.2, -0.15) is 5.10 Å². The summed E-state index contributed by atoms with van der Waals surface area (Å²) in [4.78, 5) is 11.0. The molecular weight excluding hydrogens is 144 g/mol. The first kappa shape index (κ1) is 8.00. The fourth-order valence-electron chi connectivity index (χ4n) is 0.969. The minimum atomic E-state index is -0.141. The zero-order chi connectivity index (χ0) is 8.27. The topological polar surface area (TPSA) is 62.7 Å². The van der Waals surface area contributed by atoms with Crippen LogP contribution in [0.15, 0.2) is 4.79 Å². The molecule has 1 heterocycles. The van der Waals surface area contributed by atoms with Crippen LogP contribution in [0.5, 0.6) is 0 Å². The van der Waals surface area contributed by atoms with Crippen LogP contribution >= 0.6 is 0 Å². The Morgan fingerprint density at radius 1 is 1.73 bits per heavy atom. The molecule has 1 aromatic rings. The molecule has 0 fully saturated rings. The minimum absolute atomic E-state index is 0.141. The van der Waals surface area contributed by atoms with Gasteiger partial charge >= 0.3 is 5.69 Å². The molecule has 0 atom stereocenters. The number of aromatic amines is 1. The quantitative estimate of drug-likeness (QED) is 0.609. The van der Waals surface area contributed by atoms with E-state index in [-0.39, 0.29) is 5.69 Å². The monoisotopic (exact) mass is 156 g/mol. The molecule has 0 aliphatic heterocycles. The highest BCUT2D eigenvalue weighted by Crippen LogP contribution is 1.87. The average Bonchev–Trinajstić information content (AvgIpc) is 2.33. The second-order valence-electron chi connectivity index (χ2n) is 2.22. The first-order chi connectivity index (χ1) is 5.29. The largest absolute Gasteiger partial charge is 0.343 e. The van der Waals surface area contributed by atoms with E-state index in [1.807, 2.05) is 14.0 Å². The smallest absolute Gasteiger partial charge is 0.313 e. The van der Waals surface area contributed by atoms with Crippen molar-refractivity contribution in [2.75, 3.05) is 7.05 Å². The van der Waals surface area contributed by atoms with Gasteiger partial charge in [0.2, 0.25) is 0 Å². The van der Waals surface area contributed by atoms with E-state index in [1.54, 1.807) is 4.57 Å². The molecule has 5 nitrogen and oxygen atoms in total. The molecule has 1 aromatic heterocycles. The fourth-order valence-corrected chi connectivity index (χ4v) is 0.969. The van der Waals surface area contributed by atoms with Crippen LogP contribution in [0.2, 0.25) is 0 Å². The number of hydrogen-bond donors (Lipinski definition) is 2. The number of nitrogens with one attached hydrogen (secondary N) is 2. The number of nitrogens with zero attached hydrogens (tertiary/aromatic N) is 2. The Hall–Kier alpha value is -1.10. The number of aromatic nitrogens is 3. The Labute approximate surface area is 64.4 Å². The van der Waals surface area contributed by atoms with Gasteiger partial charge in [0.1, 0.15) is 5.82 Å². The summed E-state index contributed by atoms with van der Waals surface area (Å²) in [5.41, 5.74) is -0.141. The molecule has 0 amide bonds. The molecule has 0 spiro atoms. The molecular formula is C6H12N4O. The van der Waals surface area contributed by atoms with Crippen LogP contribution in [-0.2, 0) is 13.1 Å². The lowest BCUT2D eigenvalue weighted by molar-refractivity contribution is 0.644. The predicted molar refractivity (Wildman–Crippen MR) is 41.3 cm³/mol. The molecule has 2 N–H and O–H groups in total. The SMILES string of the molecule is CCn1c(CNC)n[nH]c1=O. The number of hydrogen-bond acceptors (Lipinski definition) is 3. The van der Waals surface area contributed by atoms with Crippen LogP contribution in [0.1, 0.15) is 12.7 Å². The van der Waals surface area contributed by atoms with Gasteiger partial charge in [0.25, 0.3) is 0 Å². The third-order valence-electron chi connectivity index (χ3n) is 1.49. The number of rotatable bonds is 3. The van der Waals surface area contributed by atoms with Crippen molar-refractivity contribution in [1.29, 1.82) is 0 Å². The Bertz CT molecular complexity index is 274. The maximum Gasteiger partial charge on any atom is 0.343 e. The Morgan fingerprint density at radius 3 is 3.00 bits per heavy atom. The third-order valence-corrected chi connectivity index (χ3v) is 1.49. The van der Waals surface area contributed by atoms with Crippen LogP contribution < -0.4 is 11.0 Å². The van der Waals surface area contributed by atoms with Gasteiger partial charge in [-0.1, -0.05) is 0 Å². The summed E-state index contributed by atoms with van der Waals surface area (Å²) in [5.74, 6) is 0.750. The normalized spacial score (nSPS) is 10.4. The molecule has 0 saturated carbocycles. The minimum Gasteiger partial charge on any atom is -0.313 e. The van der Waals surface area contributed by atoms with E-state index in [9.17, 15) is 4.79 Å². The van der Waals surface area contributed by atoms with Crippen molar-refractivity contribution in [3.05, 3.63) is 16.3 Å². The number of H-pyrrole nitrogens is 1. The molecule has 0 aliphatic carbocycles. The molecule has 0 saturated heterocycles. The summed E-state index contributed by atoms with van der Waals surface area (Å²) >= 11 is 0. The maximum absolute atomic E-state index is 11.0. The van der Waals surface area contributed by atoms with Crippen molar-refractivity contribution in [2.24, 2.45) is 0 Å². The molecule has 0 bridgehead atoms. The lowest BCUT2D eigenvalue weighted by atomic mass is 10.5. The molecule has 0 radical (unpaired) electrons. The second kappa shape index (κ2) is 3.34. The van der Waals surface area contributed by atoms with Crippen LogP contribution in [0, 0.1) is 0 Å². The lowest BCUT2D eigenvalue weighted by Gasteiger charge is -1.99. The van der Waals surface area contributed by atoms with Crippen molar-refractivity contribution in [3.8, 4) is 0 Å². The van der Waals surface area contributed by atoms with Crippen molar-refractivity contribution in [1.82, 2.24) is 20.1 Å². The third kappa shape index (κ3) is 1.48. The lowest BCUT2D eigenvalue weighted by Crippen LogP contribution is -2.20. The van der Waals surface area contributed by atoms with Gasteiger partial charge in [-0.05, 0) is 14.0 Å². The van der Waals surface area contributed by atoms with E-state index >= 15 is 0 Å². The van der Waals surface area contributed by atoms with Crippen molar-refractivity contribution < 1.29 is 0 Å². The van der Waals surface area contributed by atoms with Crippen molar-refractivity contribution in [3.63, 3.8) is 0 Å². The van der Waals surface area contributed by atoms with Crippen molar-refractivity contribution >= 4 is 0 Å². The summed E-state index contributed by atoms with van der Waals surface area (Å²) in [6, 6.07) is 0. The molecule has 0 unspecified atom stereocenters. The summed E-state index contributed by atoms with van der Waals surface area (Å²) in [6.07, 6.45) is 0. The molecule has 0 aromatic carbocycles. The average molecular weight is 156 g/mol. The highest BCUT2D eigenvalue weighted by molar-refractivity contribution is 4.84.